The summed E-state index contributed by atoms with van der Waals surface area (Å²) in [6.45, 7) is 0. The van der Waals surface area contributed by atoms with Gasteiger partial charge in [-0.15, -0.1) is 0 Å². The van der Waals surface area contributed by atoms with E-state index in [1.54, 1.807) is 30.6 Å². The van der Waals surface area contributed by atoms with Crippen molar-refractivity contribution in [3.63, 3.8) is 0 Å². The Labute approximate surface area is 188 Å². The molecule has 9 heteroatoms. The van der Waals surface area contributed by atoms with Gasteiger partial charge in [-0.1, -0.05) is 30.3 Å². The molecule has 1 heterocycles. The maximum atomic E-state index is 7.91. The van der Waals surface area contributed by atoms with Crippen LogP contribution in [0.2, 0.25) is 0 Å². The van der Waals surface area contributed by atoms with Crippen molar-refractivity contribution in [2.24, 2.45) is 5.10 Å². The maximum Gasteiger partial charge on any atom is 0.305 e. The summed E-state index contributed by atoms with van der Waals surface area (Å²) in [5.41, 5.74) is 5.43. The van der Waals surface area contributed by atoms with E-state index in [2.05, 4.69) is 33.0 Å². The third-order valence-electron chi connectivity index (χ3n) is 3.22. The zero-order valence-corrected chi connectivity index (χ0v) is 18.0. The van der Waals surface area contributed by atoms with Crippen LogP contribution in [0.15, 0.2) is 84.2 Å². The zero-order valence-electron chi connectivity index (χ0n) is 15.6. The molecule has 0 bridgehead atoms. The summed E-state index contributed by atoms with van der Waals surface area (Å²) in [5, 5.41) is 15.2. The van der Waals surface area contributed by atoms with E-state index < -0.39 is 0 Å². The number of ether oxygens (including phenoxy) is 1. The number of aromatic nitrogens is 1. The molecule has 3 aromatic rings. The van der Waals surface area contributed by atoms with Crippen LogP contribution in [0.4, 0.5) is 5.69 Å². The SMILES string of the molecule is COc1cccc(/C=N/[N-]C(=[SH+])Nc2ccccc2)c1[OH2+].O.[Pd].c1ccncc1. The van der Waals surface area contributed by atoms with Gasteiger partial charge in [0.2, 0.25) is 10.9 Å². The zero-order chi connectivity index (χ0) is 19.3. The second-order valence-electron chi connectivity index (χ2n) is 5.11. The van der Waals surface area contributed by atoms with Gasteiger partial charge < -0.3 is 31.2 Å². The molecule has 0 saturated carbocycles. The van der Waals surface area contributed by atoms with Crippen molar-refractivity contribution in [1.29, 1.82) is 0 Å². The third kappa shape index (κ3) is 9.78. The summed E-state index contributed by atoms with van der Waals surface area (Å²) in [7, 11) is 1.53. The van der Waals surface area contributed by atoms with Crippen LogP contribution in [0.3, 0.4) is 0 Å². The molecular weight excluding hydrogens is 483 g/mol. The van der Waals surface area contributed by atoms with Gasteiger partial charge in [-0.05, 0) is 36.4 Å². The van der Waals surface area contributed by atoms with Crippen LogP contribution in [0.5, 0.6) is 11.5 Å². The molecule has 0 unspecified atom stereocenters. The molecule has 3 rings (SSSR count). The van der Waals surface area contributed by atoms with Gasteiger partial charge in [0.1, 0.15) is 0 Å². The third-order valence-corrected chi connectivity index (χ3v) is 3.43. The number of para-hydroxylation sites is 2. The molecule has 1 aromatic heterocycles. The van der Waals surface area contributed by atoms with Crippen molar-refractivity contribution in [3.05, 3.63) is 90.1 Å². The van der Waals surface area contributed by atoms with Gasteiger partial charge in [-0.3, -0.25) is 4.98 Å². The van der Waals surface area contributed by atoms with E-state index in [0.717, 1.165) is 5.69 Å². The summed E-state index contributed by atoms with van der Waals surface area (Å²) >= 11 is 4.21. The number of hydrogen-bond donors (Lipinski definition) is 1. The number of pyridine rings is 1. The van der Waals surface area contributed by atoms with E-state index in [0.29, 0.717) is 16.4 Å². The van der Waals surface area contributed by atoms with Crippen molar-refractivity contribution >= 4 is 29.2 Å². The minimum atomic E-state index is 0. The number of anilines is 1. The van der Waals surface area contributed by atoms with Crippen LogP contribution in [-0.2, 0) is 32.6 Å². The Balaban J connectivity index is 0.000000843. The number of rotatable bonds is 4. The van der Waals surface area contributed by atoms with Crippen molar-refractivity contribution in [3.8, 4) is 11.5 Å². The molecule has 2 aromatic carbocycles. The molecule has 0 fully saturated rings. The van der Waals surface area contributed by atoms with Gasteiger partial charge in [-0.2, -0.15) is 0 Å². The minimum absolute atomic E-state index is 0. The number of methoxy groups -OCH3 is 1. The van der Waals surface area contributed by atoms with Crippen LogP contribution in [-0.4, -0.2) is 34.0 Å². The van der Waals surface area contributed by atoms with Crippen molar-refractivity contribution in [1.82, 2.24) is 4.98 Å². The van der Waals surface area contributed by atoms with E-state index in [-0.39, 0.29) is 31.6 Å². The van der Waals surface area contributed by atoms with Crippen molar-refractivity contribution in [2.45, 2.75) is 0 Å². The summed E-state index contributed by atoms with van der Waals surface area (Å²) in [4.78, 5) is 3.78. The van der Waals surface area contributed by atoms with Crippen LogP contribution < -0.4 is 10.1 Å². The molecule has 0 aliphatic carbocycles. The Hall–Kier alpha value is -2.83. The first-order chi connectivity index (χ1) is 13.2. The van der Waals surface area contributed by atoms with Crippen LogP contribution in [0, 0.1) is 0 Å². The van der Waals surface area contributed by atoms with Gasteiger partial charge in [0.25, 0.3) is 0 Å². The summed E-state index contributed by atoms with van der Waals surface area (Å²) in [5.74, 6) is 0.770. The number of benzene rings is 2. The Morgan fingerprint density at radius 2 is 1.72 bits per heavy atom. The summed E-state index contributed by atoms with van der Waals surface area (Å²) in [6, 6.07) is 20.6. The number of nitrogens with zero attached hydrogens (tertiary/aromatic N) is 3. The van der Waals surface area contributed by atoms with E-state index in [4.69, 9.17) is 9.84 Å². The monoisotopic (exact) mass is 505 g/mol. The normalized spacial score (nSPS) is 9.14. The van der Waals surface area contributed by atoms with E-state index in [1.165, 1.54) is 13.3 Å². The average molecular weight is 506 g/mol. The first-order valence-corrected chi connectivity index (χ1v) is 8.51. The molecule has 5 N–H and O–H groups in total. The fourth-order valence-electron chi connectivity index (χ4n) is 1.96. The summed E-state index contributed by atoms with van der Waals surface area (Å²) < 4.78 is 5.08. The quantitative estimate of drug-likeness (QED) is 0.147. The molecule has 0 amide bonds. The molecule has 0 atom stereocenters. The average Bonchev–Trinajstić information content (AvgIpc) is 2.72. The van der Waals surface area contributed by atoms with Crippen molar-refractivity contribution in [2.75, 3.05) is 12.4 Å². The molecule has 0 aliphatic rings. The molecule has 0 aliphatic heterocycles. The molecule has 0 spiro atoms. The maximum absolute atomic E-state index is 7.91. The molecule has 0 saturated heterocycles. The van der Waals surface area contributed by atoms with Gasteiger partial charge in [-0.25, -0.2) is 0 Å². The van der Waals surface area contributed by atoms with E-state index in [1.807, 2.05) is 48.5 Å². The molecular formula is C20H23N4O3PdS+. The fraction of sp³-hybridized carbons (Fsp3) is 0.0500. The van der Waals surface area contributed by atoms with E-state index >= 15 is 0 Å². The summed E-state index contributed by atoms with van der Waals surface area (Å²) in [6.07, 6.45) is 4.99. The first-order valence-electron chi connectivity index (χ1n) is 8.06. The Morgan fingerprint density at radius 3 is 2.28 bits per heavy atom. The second kappa shape index (κ2) is 15.1. The molecule has 156 valence electrons. The topological polar surface area (TPSA) is 115 Å². The van der Waals surface area contributed by atoms with Crippen molar-refractivity contribution < 1.29 is 35.7 Å². The Morgan fingerprint density at radius 1 is 1.07 bits per heavy atom. The predicted octanol–water partition coefficient (Wildman–Crippen LogP) is 2.57. The van der Waals surface area contributed by atoms with Crippen LogP contribution in [0.1, 0.15) is 5.56 Å². The molecule has 29 heavy (non-hydrogen) atoms. The van der Waals surface area contributed by atoms with Gasteiger partial charge in [0.15, 0.2) is 12.2 Å². The molecule has 0 radical (unpaired) electrons. The Bertz CT molecular complexity index is 841. The first kappa shape index (κ1) is 26.2. The number of thiol groups is 1. The van der Waals surface area contributed by atoms with Gasteiger partial charge in [0.05, 0.1) is 12.7 Å². The minimum Gasteiger partial charge on any atom is -0.590 e. The van der Waals surface area contributed by atoms with Crippen LogP contribution in [0.25, 0.3) is 5.43 Å². The fourth-order valence-corrected chi connectivity index (χ4v) is 2.14. The van der Waals surface area contributed by atoms with Crippen LogP contribution >= 0.6 is 0 Å². The predicted molar refractivity (Wildman–Crippen MR) is 119 cm³/mol. The number of nitrogens with one attached hydrogen (secondary N) is 1. The largest absolute Gasteiger partial charge is 0.590 e. The second-order valence-corrected chi connectivity index (χ2v) is 5.53. The standard InChI is InChI=1S/C15H15N3O2S.C5H5N.H2O.Pd/c1-20-13-9-5-6-11(14(13)19)10-16-18-15(21)17-12-7-3-2-4-8-12;1-2-4-6-5-3-1;;/h2-10H,1H3,(H3,16,17,18,19,21);1-5H;1H2;/p+1. The molecule has 7 nitrogen and oxygen atoms in total. The smallest absolute Gasteiger partial charge is 0.305 e. The van der Waals surface area contributed by atoms with Gasteiger partial charge in [0, 0.05) is 44.7 Å². The number of hydrogen-bond acceptors (Lipinski definition) is 3. The van der Waals surface area contributed by atoms with E-state index in [9.17, 15) is 0 Å². The Kier molecular flexibility index (Phi) is 13.7. The van der Waals surface area contributed by atoms with Gasteiger partial charge >= 0.3 is 5.75 Å².